The number of nitrogens with one attached hydrogen (secondary N) is 1. The molecule has 0 fully saturated rings. The summed E-state index contributed by atoms with van der Waals surface area (Å²) in [6, 6.07) is 6.27. The van der Waals surface area contributed by atoms with Crippen LogP contribution in [0.1, 0.15) is 5.56 Å². The fraction of sp³-hybridized carbons (Fsp3) is 0.125. The van der Waals surface area contributed by atoms with Crippen molar-refractivity contribution in [2.75, 3.05) is 11.1 Å². The lowest BCUT2D eigenvalue weighted by atomic mass is 10.1. The third-order valence-corrected chi connectivity index (χ3v) is 4.48. The highest BCUT2D eigenvalue weighted by atomic mass is 35.5. The first-order valence-electron chi connectivity index (χ1n) is 7.43. The number of benzene rings is 1. The van der Waals surface area contributed by atoms with Gasteiger partial charge in [0.05, 0.1) is 32.7 Å². The van der Waals surface area contributed by atoms with Crippen LogP contribution < -0.4 is 5.32 Å². The number of carbonyl (C=O) groups excluding carboxylic acids is 1. The maximum atomic E-state index is 13.0. The molecule has 140 valence electrons. The van der Waals surface area contributed by atoms with Crippen molar-refractivity contribution < 1.29 is 18.0 Å². The molecule has 0 saturated heterocycles. The van der Waals surface area contributed by atoms with Crippen LogP contribution in [0.2, 0.25) is 5.02 Å². The van der Waals surface area contributed by atoms with E-state index in [9.17, 15) is 18.0 Å². The molecule has 0 radical (unpaired) electrons. The molecule has 0 spiro atoms. The second kappa shape index (κ2) is 7.97. The Morgan fingerprint density at radius 1 is 1.26 bits per heavy atom. The van der Waals surface area contributed by atoms with Gasteiger partial charge in [0.1, 0.15) is 12.7 Å². The van der Waals surface area contributed by atoms with Gasteiger partial charge in [-0.2, -0.15) is 18.3 Å². The summed E-state index contributed by atoms with van der Waals surface area (Å²) < 4.78 is 40.3. The van der Waals surface area contributed by atoms with Crippen molar-refractivity contribution in [2.24, 2.45) is 0 Å². The van der Waals surface area contributed by atoms with Crippen LogP contribution in [0.3, 0.4) is 0 Å². The van der Waals surface area contributed by atoms with Gasteiger partial charge in [-0.05, 0) is 30.3 Å². The van der Waals surface area contributed by atoms with Gasteiger partial charge >= 0.3 is 6.18 Å². The summed E-state index contributed by atoms with van der Waals surface area (Å²) in [5.74, 6) is -0.528. The number of alkyl halides is 3. The summed E-state index contributed by atoms with van der Waals surface area (Å²) in [5, 5.41) is 7.41. The van der Waals surface area contributed by atoms with Gasteiger partial charge in [-0.15, -0.1) is 0 Å². The van der Waals surface area contributed by atoms with Gasteiger partial charge in [0.15, 0.2) is 0 Å². The summed E-state index contributed by atoms with van der Waals surface area (Å²) in [6.07, 6.45) is -0.532. The number of nitrogens with zero attached hydrogens (tertiary/aromatic N) is 4. The van der Waals surface area contributed by atoms with Crippen LogP contribution in [-0.2, 0) is 11.0 Å². The number of hydrogen-bond donors (Lipinski definition) is 1. The van der Waals surface area contributed by atoms with Gasteiger partial charge in [0, 0.05) is 6.20 Å². The molecule has 6 nitrogen and oxygen atoms in total. The van der Waals surface area contributed by atoms with Gasteiger partial charge < -0.3 is 5.32 Å². The molecule has 0 atom stereocenters. The van der Waals surface area contributed by atoms with Crippen molar-refractivity contribution in [3.63, 3.8) is 0 Å². The van der Waals surface area contributed by atoms with Crippen molar-refractivity contribution in [3.8, 4) is 5.69 Å². The zero-order chi connectivity index (χ0) is 19.4. The van der Waals surface area contributed by atoms with E-state index in [4.69, 9.17) is 11.6 Å². The molecule has 0 aliphatic heterocycles. The van der Waals surface area contributed by atoms with Crippen LogP contribution in [-0.4, -0.2) is 31.4 Å². The SMILES string of the molecule is O=C(CSc1ccc(Cl)cn1)Nc1cc(C(F)(F)F)ccc1-n1cncn1. The molecule has 1 amide bonds. The summed E-state index contributed by atoms with van der Waals surface area (Å²) in [4.78, 5) is 20.0. The maximum absolute atomic E-state index is 13.0. The summed E-state index contributed by atoms with van der Waals surface area (Å²) in [7, 11) is 0. The predicted octanol–water partition coefficient (Wildman–Crippen LogP) is 4.07. The third kappa shape index (κ3) is 4.98. The van der Waals surface area contributed by atoms with E-state index in [1.807, 2.05) is 0 Å². The fourth-order valence-electron chi connectivity index (χ4n) is 2.12. The van der Waals surface area contributed by atoms with E-state index in [2.05, 4.69) is 20.4 Å². The first-order valence-corrected chi connectivity index (χ1v) is 8.80. The molecule has 0 bridgehead atoms. The minimum Gasteiger partial charge on any atom is -0.323 e. The molecule has 2 aromatic heterocycles. The number of pyridine rings is 1. The Bertz CT molecular complexity index is 932. The van der Waals surface area contributed by atoms with Gasteiger partial charge in [0.2, 0.25) is 5.91 Å². The number of amides is 1. The standard InChI is InChI=1S/C16H11ClF3N5OS/c17-11-2-4-15(22-6-11)27-7-14(26)24-12-5-10(16(18,19)20)1-3-13(12)25-9-21-8-23-25/h1-6,8-9H,7H2,(H,24,26). The Labute approximate surface area is 160 Å². The van der Waals surface area contributed by atoms with Crippen molar-refractivity contribution in [3.05, 3.63) is 59.8 Å². The van der Waals surface area contributed by atoms with Crippen LogP contribution >= 0.6 is 23.4 Å². The van der Waals surface area contributed by atoms with E-state index in [0.29, 0.717) is 10.0 Å². The average Bonchev–Trinajstić information content (AvgIpc) is 3.15. The van der Waals surface area contributed by atoms with Crippen LogP contribution in [0.4, 0.5) is 18.9 Å². The Morgan fingerprint density at radius 2 is 2.07 bits per heavy atom. The van der Waals surface area contributed by atoms with Gasteiger partial charge in [-0.25, -0.2) is 14.6 Å². The molecule has 3 aromatic rings. The van der Waals surface area contributed by atoms with Gasteiger partial charge in [-0.3, -0.25) is 4.79 Å². The van der Waals surface area contributed by atoms with Crippen LogP contribution in [0.15, 0.2) is 54.2 Å². The topological polar surface area (TPSA) is 72.7 Å². The lowest BCUT2D eigenvalue weighted by molar-refractivity contribution is -0.137. The van der Waals surface area contributed by atoms with Gasteiger partial charge in [0.25, 0.3) is 0 Å². The van der Waals surface area contributed by atoms with E-state index >= 15 is 0 Å². The van der Waals surface area contributed by atoms with Crippen LogP contribution in [0.25, 0.3) is 5.69 Å². The maximum Gasteiger partial charge on any atom is 0.416 e. The highest BCUT2D eigenvalue weighted by Crippen LogP contribution is 2.33. The minimum atomic E-state index is -4.54. The number of halogens is 4. The zero-order valence-electron chi connectivity index (χ0n) is 13.4. The predicted molar refractivity (Wildman–Crippen MR) is 95.0 cm³/mol. The lowest BCUT2D eigenvalue weighted by Gasteiger charge is -2.14. The normalized spacial score (nSPS) is 11.4. The molecule has 11 heteroatoms. The molecule has 0 saturated carbocycles. The Morgan fingerprint density at radius 3 is 2.70 bits per heavy atom. The summed E-state index contributed by atoms with van der Waals surface area (Å²) in [6.45, 7) is 0. The van der Waals surface area contributed by atoms with E-state index in [1.54, 1.807) is 12.1 Å². The molecule has 0 aliphatic carbocycles. The molecule has 3 rings (SSSR count). The van der Waals surface area contributed by atoms with Crippen molar-refractivity contribution in [2.45, 2.75) is 11.2 Å². The first kappa shape index (κ1) is 19.2. The monoisotopic (exact) mass is 413 g/mol. The second-order valence-electron chi connectivity index (χ2n) is 5.22. The van der Waals surface area contributed by atoms with Gasteiger partial charge in [-0.1, -0.05) is 23.4 Å². The number of rotatable bonds is 5. The highest BCUT2D eigenvalue weighted by Gasteiger charge is 2.31. The summed E-state index contributed by atoms with van der Waals surface area (Å²) >= 11 is 6.87. The molecular weight excluding hydrogens is 403 g/mol. The van der Waals surface area contributed by atoms with Crippen molar-refractivity contribution in [1.82, 2.24) is 19.7 Å². The number of carbonyl (C=O) groups is 1. The number of thioether (sulfide) groups is 1. The zero-order valence-corrected chi connectivity index (χ0v) is 15.0. The van der Waals surface area contributed by atoms with E-state index < -0.39 is 17.6 Å². The third-order valence-electron chi connectivity index (χ3n) is 3.31. The highest BCUT2D eigenvalue weighted by molar-refractivity contribution is 7.99. The van der Waals surface area contributed by atoms with Crippen LogP contribution in [0, 0.1) is 0 Å². The Kier molecular flexibility index (Phi) is 5.66. The smallest absolute Gasteiger partial charge is 0.323 e. The van der Waals surface area contributed by atoms with Crippen molar-refractivity contribution >= 4 is 35.0 Å². The van der Waals surface area contributed by atoms with E-state index in [0.717, 1.165) is 23.9 Å². The molecule has 1 aromatic carbocycles. The molecular formula is C16H11ClF3N5OS. The van der Waals surface area contributed by atoms with E-state index in [-0.39, 0.29) is 17.1 Å². The van der Waals surface area contributed by atoms with Crippen molar-refractivity contribution in [1.29, 1.82) is 0 Å². The molecule has 27 heavy (non-hydrogen) atoms. The molecule has 0 unspecified atom stereocenters. The Hall–Kier alpha value is -2.59. The summed E-state index contributed by atoms with van der Waals surface area (Å²) in [5.41, 5.74) is -0.637. The minimum absolute atomic E-state index is 0.0232. The first-order chi connectivity index (χ1) is 12.8. The number of hydrogen-bond acceptors (Lipinski definition) is 5. The molecule has 1 N–H and O–H groups in total. The average molecular weight is 414 g/mol. The largest absolute Gasteiger partial charge is 0.416 e. The lowest BCUT2D eigenvalue weighted by Crippen LogP contribution is -2.17. The Balaban J connectivity index is 1.79. The van der Waals surface area contributed by atoms with Crippen LogP contribution in [0.5, 0.6) is 0 Å². The van der Waals surface area contributed by atoms with E-state index in [1.165, 1.54) is 29.6 Å². The second-order valence-corrected chi connectivity index (χ2v) is 6.65. The quantitative estimate of drug-likeness (QED) is 0.638. The number of anilines is 1. The fourth-order valence-corrected chi connectivity index (χ4v) is 2.87. The molecule has 2 heterocycles. The number of aromatic nitrogens is 4. The molecule has 0 aliphatic rings.